The third-order valence-corrected chi connectivity index (χ3v) is 5.68. The van der Waals surface area contributed by atoms with Gasteiger partial charge < -0.3 is 5.11 Å². The average Bonchev–Trinajstić information content (AvgIpc) is 3.19. The van der Waals surface area contributed by atoms with Crippen LogP contribution in [0.15, 0.2) is 47.6 Å². The van der Waals surface area contributed by atoms with Gasteiger partial charge in [0.2, 0.25) is 10.0 Å². The number of benzene rings is 1. The van der Waals surface area contributed by atoms with E-state index in [-0.39, 0.29) is 23.9 Å². The number of rotatable bonds is 7. The Morgan fingerprint density at radius 3 is 2.52 bits per heavy atom. The Morgan fingerprint density at radius 1 is 1.30 bits per heavy atom. The van der Waals surface area contributed by atoms with Crippen molar-refractivity contribution in [1.29, 1.82) is 0 Å². The molecule has 3 rings (SSSR count). The van der Waals surface area contributed by atoms with Gasteiger partial charge in [-0.3, -0.25) is 4.79 Å². The molecule has 0 amide bonds. The number of hydrogen-bond acceptors (Lipinski definition) is 4. The van der Waals surface area contributed by atoms with Crippen LogP contribution in [0.25, 0.3) is 5.69 Å². The molecule has 1 aliphatic carbocycles. The summed E-state index contributed by atoms with van der Waals surface area (Å²) in [5.41, 5.74) is 0.762. The maximum atomic E-state index is 12.7. The standard InChI is InChI=1S/C15H17N3O4S/c19-15(20)8-11-18(13-2-3-13)23(21,22)14-6-4-12(5-7-14)17-10-1-9-16-17/h1,4-7,9-10,13H,2-3,8,11H2,(H,19,20). The van der Waals surface area contributed by atoms with Crippen molar-refractivity contribution in [2.24, 2.45) is 0 Å². The van der Waals surface area contributed by atoms with Crippen LogP contribution >= 0.6 is 0 Å². The minimum absolute atomic E-state index is 0.00322. The van der Waals surface area contributed by atoms with E-state index < -0.39 is 16.0 Å². The van der Waals surface area contributed by atoms with Crippen molar-refractivity contribution < 1.29 is 18.3 Å². The highest BCUT2D eigenvalue weighted by Gasteiger charge is 2.38. The Morgan fingerprint density at radius 2 is 2.00 bits per heavy atom. The van der Waals surface area contributed by atoms with Crippen LogP contribution in [0.5, 0.6) is 0 Å². The van der Waals surface area contributed by atoms with Gasteiger partial charge in [0, 0.05) is 25.0 Å². The van der Waals surface area contributed by atoms with Gasteiger partial charge in [-0.2, -0.15) is 9.40 Å². The third-order valence-electron chi connectivity index (χ3n) is 3.71. The van der Waals surface area contributed by atoms with Crippen LogP contribution in [0.4, 0.5) is 0 Å². The van der Waals surface area contributed by atoms with Gasteiger partial charge in [-0.25, -0.2) is 13.1 Å². The summed E-state index contributed by atoms with van der Waals surface area (Å²) >= 11 is 0. The minimum Gasteiger partial charge on any atom is -0.481 e. The number of hydrogen-bond donors (Lipinski definition) is 1. The van der Waals surface area contributed by atoms with Crippen LogP contribution in [-0.4, -0.2) is 46.2 Å². The molecule has 8 heteroatoms. The summed E-state index contributed by atoms with van der Waals surface area (Å²) < 4.78 is 28.4. The van der Waals surface area contributed by atoms with Crippen molar-refractivity contribution >= 4 is 16.0 Å². The largest absolute Gasteiger partial charge is 0.481 e. The molecule has 1 saturated carbocycles. The van der Waals surface area contributed by atoms with Crippen LogP contribution in [0.1, 0.15) is 19.3 Å². The second-order valence-electron chi connectivity index (χ2n) is 5.44. The zero-order valence-corrected chi connectivity index (χ0v) is 13.2. The topological polar surface area (TPSA) is 92.5 Å². The molecule has 0 unspecified atom stereocenters. The first kappa shape index (κ1) is 15.7. The number of aliphatic carboxylic acids is 1. The lowest BCUT2D eigenvalue weighted by Crippen LogP contribution is -2.35. The van der Waals surface area contributed by atoms with Gasteiger partial charge in [-0.1, -0.05) is 0 Å². The summed E-state index contributed by atoms with van der Waals surface area (Å²) in [5.74, 6) is -1.00. The first-order valence-corrected chi connectivity index (χ1v) is 8.76. The normalized spacial score (nSPS) is 15.0. The van der Waals surface area contributed by atoms with Crippen LogP contribution in [0.2, 0.25) is 0 Å². The molecular weight excluding hydrogens is 318 g/mol. The Kier molecular flexibility index (Phi) is 4.18. The predicted octanol–water partition coefficient (Wildman–Crippen LogP) is 1.50. The smallest absolute Gasteiger partial charge is 0.304 e. The van der Waals surface area contributed by atoms with Gasteiger partial charge in [0.05, 0.1) is 17.0 Å². The summed E-state index contributed by atoms with van der Waals surface area (Å²) in [5, 5.41) is 12.9. The molecule has 1 fully saturated rings. The molecule has 0 aliphatic heterocycles. The van der Waals surface area contributed by atoms with E-state index in [1.165, 1.54) is 16.4 Å². The molecule has 0 saturated heterocycles. The molecule has 0 spiro atoms. The van der Waals surface area contributed by atoms with Crippen LogP contribution < -0.4 is 0 Å². The SMILES string of the molecule is O=C(O)CCN(C1CC1)S(=O)(=O)c1ccc(-n2cccn2)cc1. The maximum absolute atomic E-state index is 12.7. The van der Waals surface area contributed by atoms with E-state index in [1.807, 2.05) is 0 Å². The van der Waals surface area contributed by atoms with Gasteiger partial charge in [0.25, 0.3) is 0 Å². The van der Waals surface area contributed by atoms with Crippen molar-refractivity contribution in [3.63, 3.8) is 0 Å². The fourth-order valence-electron chi connectivity index (χ4n) is 2.40. The molecule has 0 bridgehead atoms. The highest BCUT2D eigenvalue weighted by atomic mass is 32.2. The summed E-state index contributed by atoms with van der Waals surface area (Å²) in [7, 11) is -3.68. The van der Waals surface area contributed by atoms with Gasteiger partial charge in [-0.05, 0) is 43.2 Å². The zero-order valence-electron chi connectivity index (χ0n) is 12.4. The Hall–Kier alpha value is -2.19. The van der Waals surface area contributed by atoms with Crippen LogP contribution in [-0.2, 0) is 14.8 Å². The molecule has 0 radical (unpaired) electrons. The molecule has 1 heterocycles. The second-order valence-corrected chi connectivity index (χ2v) is 7.33. The summed E-state index contributed by atoms with van der Waals surface area (Å²) in [6, 6.07) is 8.13. The van der Waals surface area contributed by atoms with E-state index in [2.05, 4.69) is 5.10 Å². The van der Waals surface area contributed by atoms with Crippen LogP contribution in [0, 0.1) is 0 Å². The molecule has 1 N–H and O–H groups in total. The lowest BCUT2D eigenvalue weighted by molar-refractivity contribution is -0.137. The molecule has 7 nitrogen and oxygen atoms in total. The number of carboxylic acid groups (broad SMARTS) is 1. The van der Waals surface area contributed by atoms with Gasteiger partial charge >= 0.3 is 5.97 Å². The van der Waals surface area contributed by atoms with E-state index >= 15 is 0 Å². The molecule has 122 valence electrons. The Labute approximate surface area is 134 Å². The van der Waals surface area contributed by atoms with E-state index in [0.29, 0.717) is 0 Å². The first-order valence-electron chi connectivity index (χ1n) is 7.32. The van der Waals surface area contributed by atoms with Crippen LogP contribution in [0.3, 0.4) is 0 Å². The van der Waals surface area contributed by atoms with E-state index in [1.54, 1.807) is 35.3 Å². The average molecular weight is 335 g/mol. The molecule has 1 aromatic carbocycles. The third kappa shape index (κ3) is 3.43. The summed E-state index contributed by atoms with van der Waals surface area (Å²) in [6.07, 6.45) is 4.79. The highest BCUT2D eigenvalue weighted by molar-refractivity contribution is 7.89. The molecule has 1 aromatic heterocycles. The summed E-state index contributed by atoms with van der Waals surface area (Å²) in [6.45, 7) is 0.00322. The zero-order chi connectivity index (χ0) is 16.4. The van der Waals surface area contributed by atoms with Gasteiger partial charge in [0.1, 0.15) is 0 Å². The minimum atomic E-state index is -3.68. The van der Waals surface area contributed by atoms with Crippen molar-refractivity contribution in [3.8, 4) is 5.69 Å². The molecular formula is C15H17N3O4S. The predicted molar refractivity (Wildman–Crippen MR) is 82.7 cm³/mol. The fourth-order valence-corrected chi connectivity index (χ4v) is 4.08. The van der Waals surface area contributed by atoms with Crippen molar-refractivity contribution in [1.82, 2.24) is 14.1 Å². The van der Waals surface area contributed by atoms with Crippen molar-refractivity contribution in [3.05, 3.63) is 42.7 Å². The Bertz CT molecular complexity index is 781. The number of sulfonamides is 1. The summed E-state index contributed by atoms with van der Waals surface area (Å²) in [4.78, 5) is 10.9. The van der Waals surface area contributed by atoms with E-state index in [9.17, 15) is 13.2 Å². The van der Waals surface area contributed by atoms with E-state index in [4.69, 9.17) is 5.11 Å². The lowest BCUT2D eigenvalue weighted by atomic mass is 10.3. The number of aromatic nitrogens is 2. The van der Waals surface area contributed by atoms with Crippen molar-refractivity contribution in [2.45, 2.75) is 30.2 Å². The molecule has 2 aromatic rings. The molecule has 0 atom stereocenters. The number of nitrogens with zero attached hydrogens (tertiary/aromatic N) is 3. The molecule has 1 aliphatic rings. The second kappa shape index (κ2) is 6.13. The molecule has 23 heavy (non-hydrogen) atoms. The highest BCUT2D eigenvalue weighted by Crippen LogP contribution is 2.32. The maximum Gasteiger partial charge on any atom is 0.304 e. The number of carboxylic acids is 1. The van der Waals surface area contributed by atoms with Gasteiger partial charge in [-0.15, -0.1) is 0 Å². The number of carbonyl (C=O) groups is 1. The fraction of sp³-hybridized carbons (Fsp3) is 0.333. The van der Waals surface area contributed by atoms with E-state index in [0.717, 1.165) is 18.5 Å². The van der Waals surface area contributed by atoms with Crippen molar-refractivity contribution in [2.75, 3.05) is 6.54 Å². The van der Waals surface area contributed by atoms with Gasteiger partial charge in [0.15, 0.2) is 0 Å². The quantitative estimate of drug-likeness (QED) is 0.828. The lowest BCUT2D eigenvalue weighted by Gasteiger charge is -2.21. The monoisotopic (exact) mass is 335 g/mol. The Balaban J connectivity index is 1.84. The first-order chi connectivity index (χ1) is 11.0.